The summed E-state index contributed by atoms with van der Waals surface area (Å²) in [5, 5.41) is 11.2. The number of anilines is 1. The van der Waals surface area contributed by atoms with Crippen molar-refractivity contribution < 1.29 is 19.2 Å². The summed E-state index contributed by atoms with van der Waals surface area (Å²) in [6, 6.07) is 9.67. The average molecular weight is 546 g/mol. The smallest absolute Gasteiger partial charge is 0.338 e. The molecule has 2 heterocycles. The molecule has 34 heavy (non-hydrogen) atoms. The Bertz CT molecular complexity index is 1250. The van der Waals surface area contributed by atoms with E-state index < -0.39 is 16.8 Å². The zero-order valence-electron chi connectivity index (χ0n) is 19.0. The molecule has 1 aromatic carbocycles. The van der Waals surface area contributed by atoms with Crippen molar-refractivity contribution in [2.45, 2.75) is 39.5 Å². The lowest BCUT2D eigenvalue weighted by molar-refractivity contribution is -0.384. The van der Waals surface area contributed by atoms with E-state index >= 15 is 0 Å². The SMILES string of the molecule is CCOC(=O)C1=C(N)N(c2ccc([N+](=O)[O-])cc2)C2=C(C(=O)CC(C)(C)C2)[C@H]1c1ccc(Br)s1. The number of thiophene rings is 1. The number of benzene rings is 1. The van der Waals surface area contributed by atoms with Gasteiger partial charge in [0.05, 0.1) is 26.8 Å². The van der Waals surface area contributed by atoms with Gasteiger partial charge in [-0.1, -0.05) is 13.8 Å². The molecule has 0 radical (unpaired) electrons. The van der Waals surface area contributed by atoms with Crippen LogP contribution in [0.25, 0.3) is 0 Å². The van der Waals surface area contributed by atoms with E-state index in [9.17, 15) is 19.7 Å². The van der Waals surface area contributed by atoms with E-state index in [0.717, 1.165) is 8.66 Å². The van der Waals surface area contributed by atoms with E-state index in [2.05, 4.69) is 15.9 Å². The number of nitro groups is 1. The molecule has 1 atom stereocenters. The Morgan fingerprint density at radius 3 is 2.50 bits per heavy atom. The quantitative estimate of drug-likeness (QED) is 0.303. The Labute approximate surface area is 209 Å². The van der Waals surface area contributed by atoms with Crippen LogP contribution >= 0.6 is 27.3 Å². The number of carbonyl (C=O) groups excluding carboxylic acids is 2. The minimum atomic E-state index is -0.650. The summed E-state index contributed by atoms with van der Waals surface area (Å²) in [4.78, 5) is 40.0. The topological polar surface area (TPSA) is 116 Å². The Balaban J connectivity index is 1.99. The first-order valence-electron chi connectivity index (χ1n) is 10.8. The molecule has 0 bridgehead atoms. The molecular weight excluding hydrogens is 522 g/mol. The highest BCUT2D eigenvalue weighted by molar-refractivity contribution is 9.11. The molecule has 0 unspecified atom stereocenters. The highest BCUT2D eigenvalue weighted by Gasteiger charge is 2.47. The molecule has 1 aromatic heterocycles. The molecule has 2 N–H and O–H groups in total. The molecule has 178 valence electrons. The van der Waals surface area contributed by atoms with Gasteiger partial charge in [-0.05, 0) is 59.0 Å². The van der Waals surface area contributed by atoms with E-state index in [-0.39, 0.29) is 34.9 Å². The third-order valence-electron chi connectivity index (χ3n) is 5.95. The number of esters is 1. The van der Waals surface area contributed by atoms with Crippen LogP contribution in [0.1, 0.15) is 44.4 Å². The molecule has 0 saturated heterocycles. The van der Waals surface area contributed by atoms with Crippen LogP contribution in [0.3, 0.4) is 0 Å². The van der Waals surface area contributed by atoms with Gasteiger partial charge < -0.3 is 10.5 Å². The van der Waals surface area contributed by atoms with Crippen LogP contribution in [-0.2, 0) is 14.3 Å². The van der Waals surface area contributed by atoms with Gasteiger partial charge in [-0.15, -0.1) is 11.3 Å². The molecule has 2 aliphatic rings. The predicted octanol–water partition coefficient (Wildman–Crippen LogP) is 5.40. The number of nitrogens with zero attached hydrogens (tertiary/aromatic N) is 2. The number of rotatable bonds is 5. The van der Waals surface area contributed by atoms with E-state index in [0.29, 0.717) is 29.8 Å². The van der Waals surface area contributed by atoms with Crippen molar-refractivity contribution >= 4 is 50.4 Å². The van der Waals surface area contributed by atoms with Gasteiger partial charge in [0.2, 0.25) is 0 Å². The van der Waals surface area contributed by atoms with E-state index in [1.807, 2.05) is 26.0 Å². The molecule has 0 fully saturated rings. The number of hydrogen-bond donors (Lipinski definition) is 1. The number of nitro benzene ring substituents is 1. The van der Waals surface area contributed by atoms with Crippen molar-refractivity contribution in [3.05, 3.63) is 77.8 Å². The lowest BCUT2D eigenvalue weighted by Crippen LogP contribution is -2.43. The van der Waals surface area contributed by atoms with Crippen LogP contribution in [0.2, 0.25) is 0 Å². The van der Waals surface area contributed by atoms with Crippen LogP contribution < -0.4 is 10.6 Å². The summed E-state index contributed by atoms with van der Waals surface area (Å²) in [6.45, 7) is 5.89. The van der Waals surface area contributed by atoms with Gasteiger partial charge in [-0.25, -0.2) is 4.79 Å². The maximum Gasteiger partial charge on any atom is 0.338 e. The van der Waals surface area contributed by atoms with Gasteiger partial charge in [0.15, 0.2) is 5.78 Å². The highest BCUT2D eigenvalue weighted by atomic mass is 79.9. The van der Waals surface area contributed by atoms with Gasteiger partial charge in [0, 0.05) is 40.4 Å². The van der Waals surface area contributed by atoms with Crippen LogP contribution in [0, 0.1) is 15.5 Å². The normalized spacial score (nSPS) is 19.8. The van der Waals surface area contributed by atoms with Crippen molar-refractivity contribution in [1.82, 2.24) is 0 Å². The number of ketones is 1. The second-order valence-corrected chi connectivity index (χ2v) is 11.5. The van der Waals surface area contributed by atoms with E-state index in [4.69, 9.17) is 10.5 Å². The standard InChI is InChI=1S/C24H24BrN3O5S/c1-4-33-23(30)21-20(17-9-10-18(25)34-17)19-15(11-24(2,3)12-16(19)29)27(22(21)26)13-5-7-14(8-6-13)28(31)32/h5-10,20H,4,11-12,26H2,1-3H3/t20-/m1/s1. The number of Topliss-reactive ketones (excluding diaryl/α,β-unsaturated/α-hetero) is 1. The number of halogens is 1. The van der Waals surface area contributed by atoms with E-state index in [1.165, 1.54) is 23.5 Å². The first kappa shape index (κ1) is 24.2. The van der Waals surface area contributed by atoms with Crippen molar-refractivity contribution in [2.75, 3.05) is 11.5 Å². The van der Waals surface area contributed by atoms with Gasteiger partial charge in [0.25, 0.3) is 5.69 Å². The second-order valence-electron chi connectivity index (χ2n) is 9.00. The third kappa shape index (κ3) is 4.27. The Morgan fingerprint density at radius 2 is 1.94 bits per heavy atom. The van der Waals surface area contributed by atoms with E-state index in [1.54, 1.807) is 24.0 Å². The van der Waals surface area contributed by atoms with Crippen molar-refractivity contribution in [1.29, 1.82) is 0 Å². The Hall–Kier alpha value is -2.98. The van der Waals surface area contributed by atoms with Gasteiger partial charge in [0.1, 0.15) is 5.82 Å². The monoisotopic (exact) mass is 545 g/mol. The third-order valence-corrected chi connectivity index (χ3v) is 7.64. The lowest BCUT2D eigenvalue weighted by atomic mass is 9.69. The maximum atomic E-state index is 13.6. The molecule has 8 nitrogen and oxygen atoms in total. The maximum absolute atomic E-state index is 13.6. The lowest BCUT2D eigenvalue weighted by Gasteiger charge is -2.44. The number of ether oxygens (including phenoxy) is 1. The fourth-order valence-corrected chi connectivity index (χ4v) is 6.15. The predicted molar refractivity (Wildman–Crippen MR) is 133 cm³/mol. The summed E-state index contributed by atoms with van der Waals surface area (Å²) in [6.07, 6.45) is 0.879. The summed E-state index contributed by atoms with van der Waals surface area (Å²) < 4.78 is 6.24. The summed E-state index contributed by atoms with van der Waals surface area (Å²) >= 11 is 4.91. The minimum Gasteiger partial charge on any atom is -0.463 e. The molecule has 0 amide bonds. The number of carbonyl (C=O) groups is 2. The Morgan fingerprint density at radius 1 is 1.26 bits per heavy atom. The van der Waals surface area contributed by atoms with Gasteiger partial charge in [-0.3, -0.25) is 19.8 Å². The summed E-state index contributed by atoms with van der Waals surface area (Å²) in [5.74, 6) is -1.14. The zero-order valence-corrected chi connectivity index (χ0v) is 21.4. The highest BCUT2D eigenvalue weighted by Crippen LogP contribution is 2.51. The molecule has 0 saturated carbocycles. The fourth-order valence-electron chi connectivity index (χ4n) is 4.60. The molecule has 1 aliphatic heterocycles. The van der Waals surface area contributed by atoms with Crippen molar-refractivity contribution in [2.24, 2.45) is 11.1 Å². The number of nitrogens with two attached hydrogens (primary N) is 1. The van der Waals surface area contributed by atoms with Crippen LogP contribution in [0.5, 0.6) is 0 Å². The van der Waals surface area contributed by atoms with Crippen LogP contribution in [0.4, 0.5) is 11.4 Å². The molecule has 0 spiro atoms. The van der Waals surface area contributed by atoms with Gasteiger partial charge >= 0.3 is 5.97 Å². The molecule has 4 rings (SSSR count). The number of hydrogen-bond acceptors (Lipinski definition) is 8. The molecule has 1 aliphatic carbocycles. The molecule has 2 aromatic rings. The minimum absolute atomic E-state index is 0.0537. The van der Waals surface area contributed by atoms with Gasteiger partial charge in [-0.2, -0.15) is 0 Å². The number of allylic oxidation sites excluding steroid dienone is 2. The second kappa shape index (κ2) is 8.99. The zero-order chi connectivity index (χ0) is 24.8. The average Bonchev–Trinajstić information content (AvgIpc) is 3.18. The fraction of sp³-hybridized carbons (Fsp3) is 0.333. The Kier molecular flexibility index (Phi) is 6.39. The van der Waals surface area contributed by atoms with Crippen molar-refractivity contribution in [3.63, 3.8) is 0 Å². The number of non-ortho nitro benzene ring substituents is 1. The van der Waals surface area contributed by atoms with Crippen LogP contribution in [-0.4, -0.2) is 23.3 Å². The van der Waals surface area contributed by atoms with Crippen molar-refractivity contribution in [3.8, 4) is 0 Å². The molecule has 10 heteroatoms. The summed E-state index contributed by atoms with van der Waals surface area (Å²) in [5.41, 5.74) is 8.24. The van der Waals surface area contributed by atoms with Crippen LogP contribution in [0.15, 0.2) is 62.8 Å². The first-order valence-corrected chi connectivity index (χ1v) is 12.4. The largest absolute Gasteiger partial charge is 0.463 e. The molecular formula is C24H24BrN3O5S. The summed E-state index contributed by atoms with van der Waals surface area (Å²) in [7, 11) is 0. The first-order chi connectivity index (χ1) is 16.0.